The molecule has 0 spiro atoms. The summed E-state index contributed by atoms with van der Waals surface area (Å²) in [5.41, 5.74) is 6.26. The highest BCUT2D eigenvalue weighted by Gasteiger charge is 2.33. The molecule has 98 valence electrons. The monoisotopic (exact) mass is 313 g/mol. The third-order valence-electron chi connectivity index (χ3n) is 2.93. The molecule has 5 nitrogen and oxygen atoms in total. The molecule has 1 aliphatic rings. The number of carbonyl (C=O) groups excluding carboxylic acids is 1. The van der Waals surface area contributed by atoms with E-state index in [0.29, 0.717) is 12.3 Å². The molecular weight excluding hydrogens is 298 g/mol. The SMILES string of the molecule is CCOC(=O)C1CCCN1c1ncc(N)cc1Br. The topological polar surface area (TPSA) is 68.5 Å². The van der Waals surface area contributed by atoms with Crippen LogP contribution in [0.5, 0.6) is 0 Å². The third-order valence-corrected chi connectivity index (χ3v) is 3.51. The van der Waals surface area contributed by atoms with Gasteiger partial charge in [-0.1, -0.05) is 0 Å². The number of nitrogens with two attached hydrogens (primary N) is 1. The largest absolute Gasteiger partial charge is 0.464 e. The summed E-state index contributed by atoms with van der Waals surface area (Å²) < 4.78 is 5.90. The van der Waals surface area contributed by atoms with E-state index < -0.39 is 0 Å². The van der Waals surface area contributed by atoms with Gasteiger partial charge in [-0.2, -0.15) is 0 Å². The van der Waals surface area contributed by atoms with Gasteiger partial charge in [0.05, 0.1) is 23.0 Å². The zero-order valence-corrected chi connectivity index (χ0v) is 11.8. The van der Waals surface area contributed by atoms with Crippen LogP contribution in [0, 0.1) is 0 Å². The Morgan fingerprint density at radius 2 is 2.50 bits per heavy atom. The van der Waals surface area contributed by atoms with Crippen molar-refractivity contribution < 1.29 is 9.53 Å². The molecule has 0 aromatic carbocycles. The van der Waals surface area contributed by atoms with Gasteiger partial charge in [-0.15, -0.1) is 0 Å². The van der Waals surface area contributed by atoms with E-state index in [4.69, 9.17) is 10.5 Å². The standard InChI is InChI=1S/C12H16BrN3O2/c1-2-18-12(17)10-4-3-5-16(10)11-9(13)6-8(14)7-15-11/h6-7,10H,2-5,14H2,1H3. The Hall–Kier alpha value is -1.30. The number of nitrogens with zero attached hydrogens (tertiary/aromatic N) is 2. The van der Waals surface area contributed by atoms with E-state index >= 15 is 0 Å². The average Bonchev–Trinajstić information content (AvgIpc) is 2.78. The predicted octanol–water partition coefficient (Wildman–Crippen LogP) is 1.96. The van der Waals surface area contributed by atoms with Crippen molar-refractivity contribution in [1.82, 2.24) is 4.98 Å². The lowest BCUT2D eigenvalue weighted by Crippen LogP contribution is -2.38. The Morgan fingerprint density at radius 1 is 1.72 bits per heavy atom. The maximum absolute atomic E-state index is 11.9. The second kappa shape index (κ2) is 5.56. The summed E-state index contributed by atoms with van der Waals surface area (Å²) in [6.07, 6.45) is 3.36. The minimum atomic E-state index is -0.239. The lowest BCUT2D eigenvalue weighted by atomic mass is 10.2. The van der Waals surface area contributed by atoms with Gasteiger partial charge in [-0.25, -0.2) is 9.78 Å². The fraction of sp³-hybridized carbons (Fsp3) is 0.500. The molecule has 2 heterocycles. The summed E-state index contributed by atoms with van der Waals surface area (Å²) in [5.74, 6) is 0.570. The van der Waals surface area contributed by atoms with E-state index in [2.05, 4.69) is 20.9 Å². The number of rotatable bonds is 3. The van der Waals surface area contributed by atoms with E-state index in [1.807, 2.05) is 11.8 Å². The van der Waals surface area contributed by atoms with Crippen LogP contribution in [-0.4, -0.2) is 30.1 Å². The minimum Gasteiger partial charge on any atom is -0.464 e. The second-order valence-electron chi connectivity index (χ2n) is 4.18. The first kappa shape index (κ1) is 13.1. The second-order valence-corrected chi connectivity index (χ2v) is 5.03. The number of nitrogen functional groups attached to an aromatic ring is 1. The molecule has 0 bridgehead atoms. The zero-order chi connectivity index (χ0) is 13.1. The molecule has 1 saturated heterocycles. The van der Waals surface area contributed by atoms with Crippen molar-refractivity contribution in [2.45, 2.75) is 25.8 Å². The Bertz CT molecular complexity index is 453. The van der Waals surface area contributed by atoms with Gasteiger partial charge in [0.2, 0.25) is 0 Å². The minimum absolute atomic E-state index is 0.180. The first-order valence-corrected chi connectivity index (χ1v) is 6.77. The van der Waals surface area contributed by atoms with Gasteiger partial charge in [-0.3, -0.25) is 0 Å². The molecule has 0 aliphatic carbocycles. The fourth-order valence-electron chi connectivity index (χ4n) is 2.16. The highest BCUT2D eigenvalue weighted by atomic mass is 79.9. The molecule has 1 aliphatic heterocycles. The number of hydrogen-bond donors (Lipinski definition) is 1. The summed E-state index contributed by atoms with van der Waals surface area (Å²) >= 11 is 3.44. The lowest BCUT2D eigenvalue weighted by molar-refractivity contribution is -0.144. The molecule has 1 unspecified atom stereocenters. The van der Waals surface area contributed by atoms with E-state index in [1.54, 1.807) is 12.3 Å². The average molecular weight is 314 g/mol. The van der Waals surface area contributed by atoms with E-state index in [9.17, 15) is 4.79 Å². The smallest absolute Gasteiger partial charge is 0.328 e. The molecule has 0 radical (unpaired) electrons. The van der Waals surface area contributed by atoms with Gasteiger partial charge in [-0.05, 0) is 41.8 Å². The van der Waals surface area contributed by atoms with Crippen molar-refractivity contribution in [3.8, 4) is 0 Å². The third kappa shape index (κ3) is 2.58. The highest BCUT2D eigenvalue weighted by Crippen LogP contribution is 2.31. The van der Waals surface area contributed by atoms with Gasteiger partial charge < -0.3 is 15.4 Å². The van der Waals surface area contributed by atoms with Gasteiger partial charge in [0.1, 0.15) is 11.9 Å². The Labute approximate surface area is 114 Å². The lowest BCUT2D eigenvalue weighted by Gasteiger charge is -2.25. The molecule has 1 aromatic heterocycles. The first-order chi connectivity index (χ1) is 8.63. The van der Waals surface area contributed by atoms with Gasteiger partial charge in [0.15, 0.2) is 0 Å². The van der Waals surface area contributed by atoms with E-state index in [-0.39, 0.29) is 12.0 Å². The van der Waals surface area contributed by atoms with E-state index in [0.717, 1.165) is 29.7 Å². The van der Waals surface area contributed by atoms with Crippen molar-refractivity contribution in [3.63, 3.8) is 0 Å². The van der Waals surface area contributed by atoms with Crippen LogP contribution in [-0.2, 0) is 9.53 Å². The molecule has 2 N–H and O–H groups in total. The summed E-state index contributed by atoms with van der Waals surface area (Å²) in [5, 5.41) is 0. The van der Waals surface area contributed by atoms with Gasteiger partial charge in [0.25, 0.3) is 0 Å². The normalized spacial score (nSPS) is 19.0. The molecular formula is C12H16BrN3O2. The fourth-order valence-corrected chi connectivity index (χ4v) is 2.76. The maximum atomic E-state index is 11.9. The molecule has 1 atom stereocenters. The number of carbonyl (C=O) groups is 1. The number of esters is 1. The van der Waals surface area contributed by atoms with Crippen LogP contribution in [0.15, 0.2) is 16.7 Å². The predicted molar refractivity (Wildman–Crippen MR) is 73.4 cm³/mol. The number of aromatic nitrogens is 1. The molecule has 18 heavy (non-hydrogen) atoms. The van der Waals surface area contributed by atoms with Crippen LogP contribution in [0.25, 0.3) is 0 Å². The quantitative estimate of drug-likeness (QED) is 0.864. The zero-order valence-electron chi connectivity index (χ0n) is 10.2. The summed E-state index contributed by atoms with van der Waals surface area (Å²) in [4.78, 5) is 18.1. The summed E-state index contributed by atoms with van der Waals surface area (Å²) in [6, 6.07) is 1.56. The van der Waals surface area contributed by atoms with Crippen molar-refractivity contribution in [3.05, 3.63) is 16.7 Å². The molecule has 6 heteroatoms. The van der Waals surface area contributed by atoms with Crippen molar-refractivity contribution in [2.24, 2.45) is 0 Å². The summed E-state index contributed by atoms with van der Waals surface area (Å²) in [7, 11) is 0. The number of anilines is 2. The number of hydrogen-bond acceptors (Lipinski definition) is 5. The number of halogens is 1. The molecule has 1 aromatic rings. The number of ether oxygens (including phenoxy) is 1. The van der Waals surface area contributed by atoms with Gasteiger partial charge in [0, 0.05) is 6.54 Å². The molecule has 1 fully saturated rings. The number of pyridine rings is 1. The van der Waals surface area contributed by atoms with Crippen LogP contribution >= 0.6 is 15.9 Å². The van der Waals surface area contributed by atoms with Crippen LogP contribution < -0.4 is 10.6 Å². The highest BCUT2D eigenvalue weighted by molar-refractivity contribution is 9.10. The van der Waals surface area contributed by atoms with Crippen LogP contribution in [0.2, 0.25) is 0 Å². The van der Waals surface area contributed by atoms with Crippen molar-refractivity contribution >= 4 is 33.4 Å². The van der Waals surface area contributed by atoms with Crippen LogP contribution in [0.4, 0.5) is 11.5 Å². The van der Waals surface area contributed by atoms with Gasteiger partial charge >= 0.3 is 5.97 Å². The summed E-state index contributed by atoms with van der Waals surface area (Å²) in [6.45, 7) is 3.02. The Balaban J connectivity index is 2.23. The van der Waals surface area contributed by atoms with Crippen molar-refractivity contribution in [2.75, 3.05) is 23.8 Å². The van der Waals surface area contributed by atoms with E-state index in [1.165, 1.54) is 0 Å². The van der Waals surface area contributed by atoms with Crippen LogP contribution in [0.1, 0.15) is 19.8 Å². The molecule has 0 saturated carbocycles. The molecule has 0 amide bonds. The first-order valence-electron chi connectivity index (χ1n) is 5.97. The Kier molecular flexibility index (Phi) is 4.06. The molecule has 2 rings (SSSR count). The maximum Gasteiger partial charge on any atom is 0.328 e. The van der Waals surface area contributed by atoms with Crippen molar-refractivity contribution in [1.29, 1.82) is 0 Å². The van der Waals surface area contributed by atoms with Crippen LogP contribution in [0.3, 0.4) is 0 Å². The Morgan fingerprint density at radius 3 is 3.17 bits per heavy atom.